The van der Waals surface area contributed by atoms with Crippen LogP contribution in [0.1, 0.15) is 10.7 Å². The number of hydrogen-bond acceptors (Lipinski definition) is 3. The van der Waals surface area contributed by atoms with Crippen LogP contribution in [0.4, 0.5) is 0 Å². The third-order valence-electron chi connectivity index (χ3n) is 1.86. The molecule has 0 aliphatic rings. The zero-order valence-corrected chi connectivity index (χ0v) is 8.29. The van der Waals surface area contributed by atoms with E-state index in [1.54, 1.807) is 17.5 Å². The molecule has 0 amide bonds. The molecule has 2 aromatic heterocycles. The highest BCUT2D eigenvalue weighted by molar-refractivity contribution is 7.09. The van der Waals surface area contributed by atoms with Crippen molar-refractivity contribution >= 4 is 17.2 Å². The first-order valence-electron chi connectivity index (χ1n) is 4.15. The molecule has 2 aromatic rings. The van der Waals surface area contributed by atoms with E-state index in [2.05, 4.69) is 11.1 Å². The molecule has 0 saturated heterocycles. The number of aromatic nitrogens is 2. The Morgan fingerprint density at radius 2 is 2.50 bits per heavy atom. The monoisotopic (exact) mass is 206 g/mol. The van der Waals surface area contributed by atoms with E-state index in [-0.39, 0.29) is 5.84 Å². The van der Waals surface area contributed by atoms with Gasteiger partial charge in [-0.15, -0.1) is 11.3 Å². The first kappa shape index (κ1) is 8.96. The van der Waals surface area contributed by atoms with Gasteiger partial charge in [-0.2, -0.15) is 0 Å². The maximum absolute atomic E-state index is 7.32. The number of nitrogens with two attached hydrogens (primary N) is 1. The Balaban J connectivity index is 2.25. The van der Waals surface area contributed by atoms with Gasteiger partial charge in [0.2, 0.25) is 0 Å². The van der Waals surface area contributed by atoms with Gasteiger partial charge in [0.1, 0.15) is 0 Å². The highest BCUT2D eigenvalue weighted by atomic mass is 32.1. The summed E-state index contributed by atoms with van der Waals surface area (Å²) in [5.74, 6) is 0.532. The van der Waals surface area contributed by atoms with Crippen molar-refractivity contribution in [2.75, 3.05) is 0 Å². The highest BCUT2D eigenvalue weighted by Crippen LogP contribution is 2.11. The summed E-state index contributed by atoms with van der Waals surface area (Å²) in [5, 5.41) is 9.35. The lowest BCUT2D eigenvalue weighted by molar-refractivity contribution is 0.796. The van der Waals surface area contributed by atoms with E-state index in [0.717, 1.165) is 6.54 Å². The van der Waals surface area contributed by atoms with E-state index in [1.165, 1.54) is 4.88 Å². The molecule has 72 valence electrons. The SMILES string of the molecule is N=C(N)c1nccn1Cc1cccs1. The minimum absolute atomic E-state index is 0.00607. The first-order chi connectivity index (χ1) is 6.77. The Labute approximate surface area is 85.5 Å². The van der Waals surface area contributed by atoms with Crippen LogP contribution in [0.5, 0.6) is 0 Å². The van der Waals surface area contributed by atoms with Crippen molar-refractivity contribution in [2.45, 2.75) is 6.54 Å². The predicted molar refractivity (Wildman–Crippen MR) is 56.7 cm³/mol. The molecule has 4 nitrogen and oxygen atoms in total. The smallest absolute Gasteiger partial charge is 0.175 e. The van der Waals surface area contributed by atoms with Gasteiger partial charge < -0.3 is 10.3 Å². The second kappa shape index (κ2) is 3.63. The molecule has 0 spiro atoms. The Morgan fingerprint density at radius 3 is 3.14 bits per heavy atom. The maximum Gasteiger partial charge on any atom is 0.175 e. The van der Waals surface area contributed by atoms with Gasteiger partial charge in [0.05, 0.1) is 6.54 Å². The fraction of sp³-hybridized carbons (Fsp3) is 0.111. The number of nitrogen functional groups attached to an aromatic ring is 1. The molecule has 0 unspecified atom stereocenters. The van der Waals surface area contributed by atoms with Crippen molar-refractivity contribution in [1.29, 1.82) is 5.41 Å². The summed E-state index contributed by atoms with van der Waals surface area (Å²) >= 11 is 1.68. The molecule has 0 fully saturated rings. The number of nitrogens with one attached hydrogen (secondary N) is 1. The normalized spacial score (nSPS) is 10.3. The Hall–Kier alpha value is -1.62. The summed E-state index contributed by atoms with van der Waals surface area (Å²) in [6.45, 7) is 0.729. The number of amidine groups is 1. The van der Waals surface area contributed by atoms with E-state index >= 15 is 0 Å². The second-order valence-electron chi connectivity index (χ2n) is 2.87. The van der Waals surface area contributed by atoms with Gasteiger partial charge in [-0.05, 0) is 11.4 Å². The molecule has 2 rings (SSSR count). The van der Waals surface area contributed by atoms with Gasteiger partial charge in [0.15, 0.2) is 11.7 Å². The molecule has 0 aromatic carbocycles. The van der Waals surface area contributed by atoms with Crippen LogP contribution in [0.25, 0.3) is 0 Å². The maximum atomic E-state index is 7.32. The van der Waals surface area contributed by atoms with Crippen molar-refractivity contribution in [2.24, 2.45) is 5.73 Å². The fourth-order valence-corrected chi connectivity index (χ4v) is 1.95. The van der Waals surface area contributed by atoms with Crippen LogP contribution in [-0.2, 0) is 6.54 Å². The topological polar surface area (TPSA) is 67.7 Å². The largest absolute Gasteiger partial charge is 0.381 e. The first-order valence-corrected chi connectivity index (χ1v) is 5.03. The standard InChI is InChI=1S/C9H10N4S/c10-8(11)9-12-3-4-13(9)6-7-2-1-5-14-7/h1-5H,6H2,(H3,10,11). The number of rotatable bonds is 3. The van der Waals surface area contributed by atoms with Gasteiger partial charge in [-0.25, -0.2) is 4.98 Å². The van der Waals surface area contributed by atoms with Crippen LogP contribution in [0.15, 0.2) is 29.9 Å². The average Bonchev–Trinajstić information content (AvgIpc) is 2.75. The third kappa shape index (κ3) is 1.67. The van der Waals surface area contributed by atoms with E-state index in [1.807, 2.05) is 22.2 Å². The molecule has 2 heterocycles. The highest BCUT2D eigenvalue weighted by Gasteiger charge is 2.05. The molecule has 0 atom stereocenters. The van der Waals surface area contributed by atoms with Crippen molar-refractivity contribution < 1.29 is 0 Å². The van der Waals surface area contributed by atoms with Crippen molar-refractivity contribution in [1.82, 2.24) is 9.55 Å². The quantitative estimate of drug-likeness (QED) is 0.586. The van der Waals surface area contributed by atoms with E-state index in [0.29, 0.717) is 5.82 Å². The summed E-state index contributed by atoms with van der Waals surface area (Å²) in [7, 11) is 0. The molecule has 0 aliphatic carbocycles. The van der Waals surface area contributed by atoms with Gasteiger partial charge in [0, 0.05) is 17.3 Å². The molecule has 0 bridgehead atoms. The molecule has 3 N–H and O–H groups in total. The Morgan fingerprint density at radius 1 is 1.64 bits per heavy atom. The van der Waals surface area contributed by atoms with Crippen LogP contribution in [-0.4, -0.2) is 15.4 Å². The lowest BCUT2D eigenvalue weighted by atomic mass is 10.4. The van der Waals surface area contributed by atoms with Crippen LogP contribution in [0.2, 0.25) is 0 Å². The fourth-order valence-electron chi connectivity index (χ4n) is 1.25. The molecule has 0 radical (unpaired) electrons. The van der Waals surface area contributed by atoms with E-state index < -0.39 is 0 Å². The number of hydrogen-bond donors (Lipinski definition) is 2. The lowest BCUT2D eigenvalue weighted by Gasteiger charge is -2.03. The number of imidazole rings is 1. The Kier molecular flexibility index (Phi) is 2.32. The minimum atomic E-state index is 0.00607. The third-order valence-corrected chi connectivity index (χ3v) is 2.72. The average molecular weight is 206 g/mol. The minimum Gasteiger partial charge on any atom is -0.381 e. The van der Waals surface area contributed by atoms with Gasteiger partial charge in [0.25, 0.3) is 0 Å². The summed E-state index contributed by atoms with van der Waals surface area (Å²) in [5.41, 5.74) is 5.39. The van der Waals surface area contributed by atoms with Crippen LogP contribution >= 0.6 is 11.3 Å². The van der Waals surface area contributed by atoms with Crippen molar-refractivity contribution in [3.63, 3.8) is 0 Å². The molecule has 0 aliphatic heterocycles. The second-order valence-corrected chi connectivity index (χ2v) is 3.90. The zero-order valence-electron chi connectivity index (χ0n) is 7.47. The van der Waals surface area contributed by atoms with E-state index in [9.17, 15) is 0 Å². The Bertz CT molecular complexity index is 429. The number of thiophene rings is 1. The van der Waals surface area contributed by atoms with Gasteiger partial charge in [-0.3, -0.25) is 5.41 Å². The molecular weight excluding hydrogens is 196 g/mol. The molecular formula is C9H10N4S. The molecule has 0 saturated carbocycles. The van der Waals surface area contributed by atoms with Gasteiger partial charge >= 0.3 is 0 Å². The summed E-state index contributed by atoms with van der Waals surface area (Å²) in [6.07, 6.45) is 3.49. The predicted octanol–water partition coefficient (Wildman–Crippen LogP) is 1.28. The van der Waals surface area contributed by atoms with Crippen LogP contribution in [0.3, 0.4) is 0 Å². The van der Waals surface area contributed by atoms with Gasteiger partial charge in [-0.1, -0.05) is 6.07 Å². The summed E-state index contributed by atoms with van der Waals surface area (Å²) in [4.78, 5) is 5.24. The van der Waals surface area contributed by atoms with Crippen LogP contribution < -0.4 is 5.73 Å². The summed E-state index contributed by atoms with van der Waals surface area (Å²) < 4.78 is 1.87. The van der Waals surface area contributed by atoms with Crippen LogP contribution in [0, 0.1) is 5.41 Å². The summed E-state index contributed by atoms with van der Waals surface area (Å²) in [6, 6.07) is 4.05. The van der Waals surface area contributed by atoms with Crippen molar-refractivity contribution in [3.05, 3.63) is 40.6 Å². The lowest BCUT2D eigenvalue weighted by Crippen LogP contribution is -2.18. The van der Waals surface area contributed by atoms with Crippen molar-refractivity contribution in [3.8, 4) is 0 Å². The zero-order chi connectivity index (χ0) is 9.97. The van der Waals surface area contributed by atoms with E-state index in [4.69, 9.17) is 11.1 Å². The molecule has 14 heavy (non-hydrogen) atoms. The molecule has 5 heteroatoms. The number of nitrogens with zero attached hydrogens (tertiary/aromatic N) is 2.